The lowest BCUT2D eigenvalue weighted by Crippen LogP contribution is -2.51. The van der Waals surface area contributed by atoms with Gasteiger partial charge in [0.1, 0.15) is 6.04 Å². The Labute approximate surface area is 110 Å². The van der Waals surface area contributed by atoms with Crippen LogP contribution in [0.4, 0.5) is 0 Å². The van der Waals surface area contributed by atoms with Gasteiger partial charge < -0.3 is 5.11 Å². The molecule has 1 saturated heterocycles. The number of likely N-dealkylation sites (tertiary alicyclic amines) is 1. The van der Waals surface area contributed by atoms with Crippen molar-refractivity contribution in [3.05, 3.63) is 42.1 Å². The van der Waals surface area contributed by atoms with E-state index in [1.54, 1.807) is 6.20 Å². The van der Waals surface area contributed by atoms with Crippen LogP contribution in [0.3, 0.4) is 0 Å². The predicted octanol–water partition coefficient (Wildman–Crippen LogP) is 1.74. The van der Waals surface area contributed by atoms with Gasteiger partial charge in [0.05, 0.1) is 11.9 Å². The summed E-state index contributed by atoms with van der Waals surface area (Å²) in [5.74, 6) is -0.740. The van der Waals surface area contributed by atoms with Gasteiger partial charge >= 0.3 is 5.97 Å². The summed E-state index contributed by atoms with van der Waals surface area (Å²) in [5.41, 5.74) is 3.08. The van der Waals surface area contributed by atoms with Crippen molar-refractivity contribution in [2.24, 2.45) is 0 Å². The van der Waals surface area contributed by atoms with Crippen LogP contribution in [-0.4, -0.2) is 38.8 Å². The van der Waals surface area contributed by atoms with E-state index in [1.165, 1.54) is 0 Å². The van der Waals surface area contributed by atoms with E-state index in [1.807, 2.05) is 35.2 Å². The predicted molar refractivity (Wildman–Crippen MR) is 70.5 cm³/mol. The van der Waals surface area contributed by atoms with Crippen LogP contribution in [0.15, 0.2) is 36.5 Å². The van der Waals surface area contributed by atoms with Crippen molar-refractivity contribution >= 4 is 5.97 Å². The van der Waals surface area contributed by atoms with Crippen LogP contribution >= 0.6 is 0 Å². The minimum Gasteiger partial charge on any atom is -0.480 e. The number of rotatable bonds is 4. The zero-order chi connectivity index (χ0) is 13.2. The lowest BCUT2D eigenvalue weighted by molar-refractivity contribution is -0.148. The quantitative estimate of drug-likeness (QED) is 0.875. The third-order valence-corrected chi connectivity index (χ3v) is 3.57. The molecule has 5 heteroatoms. The monoisotopic (exact) mass is 257 g/mol. The molecule has 0 unspecified atom stereocenters. The number of aromatic nitrogens is 2. The van der Waals surface area contributed by atoms with E-state index in [0.29, 0.717) is 6.54 Å². The summed E-state index contributed by atoms with van der Waals surface area (Å²) in [5, 5.41) is 16.1. The fraction of sp³-hybridized carbons (Fsp3) is 0.286. The molecule has 3 rings (SSSR count). The molecule has 2 heterocycles. The maximum absolute atomic E-state index is 11.0. The number of aromatic amines is 1. The molecule has 19 heavy (non-hydrogen) atoms. The molecule has 0 amide bonds. The fourth-order valence-corrected chi connectivity index (χ4v) is 2.41. The second kappa shape index (κ2) is 4.85. The molecule has 1 aromatic heterocycles. The van der Waals surface area contributed by atoms with Gasteiger partial charge in [-0.25, -0.2) is 0 Å². The molecule has 0 aliphatic carbocycles. The molecule has 0 spiro atoms. The highest BCUT2D eigenvalue weighted by Crippen LogP contribution is 2.26. The molecule has 1 aliphatic heterocycles. The van der Waals surface area contributed by atoms with Gasteiger partial charge in [0.2, 0.25) is 0 Å². The van der Waals surface area contributed by atoms with Crippen LogP contribution < -0.4 is 0 Å². The maximum Gasteiger partial charge on any atom is 0.320 e. The Morgan fingerprint density at radius 3 is 2.84 bits per heavy atom. The van der Waals surface area contributed by atoms with Crippen molar-refractivity contribution in [2.45, 2.75) is 19.0 Å². The topological polar surface area (TPSA) is 69.2 Å². The minimum absolute atomic E-state index is 0.349. The van der Waals surface area contributed by atoms with E-state index in [-0.39, 0.29) is 6.04 Å². The molecular weight excluding hydrogens is 242 g/mol. The van der Waals surface area contributed by atoms with Crippen LogP contribution in [0.25, 0.3) is 11.3 Å². The number of aliphatic carboxylic acids is 1. The van der Waals surface area contributed by atoms with Crippen molar-refractivity contribution in [3.8, 4) is 11.3 Å². The first-order chi connectivity index (χ1) is 9.25. The van der Waals surface area contributed by atoms with Gasteiger partial charge in [-0.3, -0.25) is 14.8 Å². The summed E-state index contributed by atoms with van der Waals surface area (Å²) >= 11 is 0. The third-order valence-electron chi connectivity index (χ3n) is 3.57. The van der Waals surface area contributed by atoms with Crippen molar-refractivity contribution in [1.82, 2.24) is 15.1 Å². The number of carbonyl (C=O) groups is 1. The number of carboxylic acids is 1. The molecule has 1 aliphatic rings. The minimum atomic E-state index is -0.740. The van der Waals surface area contributed by atoms with Gasteiger partial charge in [-0.15, -0.1) is 0 Å². The van der Waals surface area contributed by atoms with E-state index in [0.717, 1.165) is 29.8 Å². The van der Waals surface area contributed by atoms with Crippen molar-refractivity contribution in [1.29, 1.82) is 0 Å². The summed E-state index contributed by atoms with van der Waals surface area (Å²) in [6.07, 6.45) is 2.51. The van der Waals surface area contributed by atoms with Gasteiger partial charge in [-0.05, 0) is 12.0 Å². The number of H-pyrrole nitrogens is 1. The summed E-state index contributed by atoms with van der Waals surface area (Å²) in [7, 11) is 0. The Hall–Kier alpha value is -2.14. The first kappa shape index (κ1) is 11.9. The van der Waals surface area contributed by atoms with Gasteiger partial charge in [0.25, 0.3) is 0 Å². The Kier molecular flexibility index (Phi) is 3.05. The van der Waals surface area contributed by atoms with E-state index < -0.39 is 5.97 Å². The molecule has 0 bridgehead atoms. The Morgan fingerprint density at radius 2 is 2.21 bits per heavy atom. The Morgan fingerprint density at radius 1 is 1.42 bits per heavy atom. The molecule has 1 fully saturated rings. The van der Waals surface area contributed by atoms with Crippen LogP contribution in [0.1, 0.15) is 12.0 Å². The van der Waals surface area contributed by atoms with Crippen LogP contribution in [0, 0.1) is 0 Å². The first-order valence-corrected chi connectivity index (χ1v) is 6.30. The summed E-state index contributed by atoms with van der Waals surface area (Å²) in [4.78, 5) is 13.0. The number of hydrogen-bond acceptors (Lipinski definition) is 3. The summed E-state index contributed by atoms with van der Waals surface area (Å²) in [6.45, 7) is 1.45. The Bertz CT molecular complexity index is 579. The molecule has 2 aromatic rings. The standard InChI is InChI=1S/C14H15N3O2/c18-14(19)12-6-7-17(12)9-11-8-15-16-13(11)10-4-2-1-3-5-10/h1-5,8,12H,6-7,9H2,(H,15,16)(H,18,19)/t12-/m0/s1. The summed E-state index contributed by atoms with van der Waals surface area (Å²) in [6, 6.07) is 9.60. The van der Waals surface area contributed by atoms with Crippen molar-refractivity contribution < 1.29 is 9.90 Å². The van der Waals surface area contributed by atoms with Gasteiger partial charge in [0.15, 0.2) is 0 Å². The Balaban J connectivity index is 1.80. The zero-order valence-electron chi connectivity index (χ0n) is 10.4. The van der Waals surface area contributed by atoms with E-state index in [9.17, 15) is 4.79 Å². The molecule has 98 valence electrons. The van der Waals surface area contributed by atoms with E-state index >= 15 is 0 Å². The molecule has 1 atom stereocenters. The fourth-order valence-electron chi connectivity index (χ4n) is 2.41. The zero-order valence-corrected chi connectivity index (χ0v) is 10.4. The SMILES string of the molecule is O=C(O)[C@@H]1CCN1Cc1cn[nH]c1-c1ccccc1. The second-order valence-corrected chi connectivity index (χ2v) is 4.75. The lowest BCUT2D eigenvalue weighted by atomic mass is 10.0. The number of benzene rings is 1. The first-order valence-electron chi connectivity index (χ1n) is 6.30. The van der Waals surface area contributed by atoms with Gasteiger partial charge in [-0.1, -0.05) is 30.3 Å². The van der Waals surface area contributed by atoms with Crippen molar-refractivity contribution in [2.75, 3.05) is 6.54 Å². The van der Waals surface area contributed by atoms with Gasteiger partial charge in [-0.2, -0.15) is 5.10 Å². The normalized spacial score (nSPS) is 19.1. The van der Waals surface area contributed by atoms with Crippen LogP contribution in [0.2, 0.25) is 0 Å². The molecule has 1 aromatic carbocycles. The third kappa shape index (κ3) is 2.24. The smallest absolute Gasteiger partial charge is 0.320 e. The van der Waals surface area contributed by atoms with E-state index in [2.05, 4.69) is 10.2 Å². The summed E-state index contributed by atoms with van der Waals surface area (Å²) < 4.78 is 0. The molecular formula is C14H15N3O2. The highest BCUT2D eigenvalue weighted by molar-refractivity contribution is 5.74. The largest absolute Gasteiger partial charge is 0.480 e. The highest BCUT2D eigenvalue weighted by Gasteiger charge is 2.34. The molecule has 2 N–H and O–H groups in total. The second-order valence-electron chi connectivity index (χ2n) is 4.75. The van der Waals surface area contributed by atoms with Crippen molar-refractivity contribution in [3.63, 3.8) is 0 Å². The van der Waals surface area contributed by atoms with Crippen LogP contribution in [-0.2, 0) is 11.3 Å². The number of hydrogen-bond donors (Lipinski definition) is 2. The average Bonchev–Trinajstić information content (AvgIpc) is 2.83. The molecule has 0 radical (unpaired) electrons. The maximum atomic E-state index is 11.0. The number of nitrogens with one attached hydrogen (secondary N) is 1. The molecule has 5 nitrogen and oxygen atoms in total. The highest BCUT2D eigenvalue weighted by atomic mass is 16.4. The lowest BCUT2D eigenvalue weighted by Gasteiger charge is -2.37. The van der Waals surface area contributed by atoms with Gasteiger partial charge in [0, 0.05) is 18.7 Å². The number of nitrogens with zero attached hydrogens (tertiary/aromatic N) is 2. The van der Waals surface area contributed by atoms with Crippen LogP contribution in [0.5, 0.6) is 0 Å². The van der Waals surface area contributed by atoms with E-state index in [4.69, 9.17) is 5.11 Å². The number of carboxylic acid groups (broad SMARTS) is 1. The molecule has 0 saturated carbocycles. The average molecular weight is 257 g/mol.